The van der Waals surface area contributed by atoms with E-state index in [2.05, 4.69) is 10.3 Å². The van der Waals surface area contributed by atoms with E-state index < -0.39 is 0 Å². The first-order chi connectivity index (χ1) is 9.15. The highest BCUT2D eigenvalue weighted by atomic mass is 35.5. The molecule has 2 rings (SSSR count). The van der Waals surface area contributed by atoms with Crippen molar-refractivity contribution in [1.82, 2.24) is 10.3 Å². The van der Waals surface area contributed by atoms with E-state index in [1.165, 1.54) is 12.7 Å². The summed E-state index contributed by atoms with van der Waals surface area (Å²) in [7, 11) is 0. The first-order valence-corrected chi connectivity index (χ1v) is 6.48. The predicted molar refractivity (Wildman–Crippen MR) is 73.4 cm³/mol. The number of carbonyl (C=O) groups excluding carboxylic acids is 1. The number of nitrogens with one attached hydrogen (secondary N) is 1. The summed E-state index contributed by atoms with van der Waals surface area (Å²) in [4.78, 5) is 15.5. The van der Waals surface area contributed by atoms with Crippen molar-refractivity contribution in [3.05, 3.63) is 52.2 Å². The van der Waals surface area contributed by atoms with Crippen molar-refractivity contribution < 1.29 is 9.21 Å². The highest BCUT2D eigenvalue weighted by Gasteiger charge is 2.06. The second-order valence-electron chi connectivity index (χ2n) is 3.99. The standard InChI is InChI=1S/C13H12Cl2N2O2/c14-10-2-1-9(12(15)5-10)3-4-16-13(18)6-11-7-19-8-17-11/h1-2,5,7-8H,3-4,6H2,(H,16,18). The van der Waals surface area contributed by atoms with Gasteiger partial charge in [0, 0.05) is 16.6 Å². The monoisotopic (exact) mass is 298 g/mol. The average Bonchev–Trinajstić information content (AvgIpc) is 2.84. The van der Waals surface area contributed by atoms with Gasteiger partial charge in [-0.3, -0.25) is 4.79 Å². The van der Waals surface area contributed by atoms with E-state index in [9.17, 15) is 4.79 Å². The molecule has 4 nitrogen and oxygen atoms in total. The van der Waals surface area contributed by atoms with Gasteiger partial charge in [-0.05, 0) is 24.1 Å². The second kappa shape index (κ2) is 6.59. The van der Waals surface area contributed by atoms with Gasteiger partial charge in [0.1, 0.15) is 6.26 Å². The molecule has 0 fully saturated rings. The molecule has 1 N–H and O–H groups in total. The molecule has 6 heteroatoms. The Hall–Kier alpha value is -1.52. The Labute approximate surface area is 120 Å². The van der Waals surface area contributed by atoms with Crippen molar-refractivity contribution in [3.63, 3.8) is 0 Å². The molecule has 0 aliphatic rings. The Morgan fingerprint density at radius 3 is 2.89 bits per heavy atom. The third-order valence-electron chi connectivity index (χ3n) is 2.56. The fraction of sp³-hybridized carbons (Fsp3) is 0.231. The van der Waals surface area contributed by atoms with Crippen LogP contribution >= 0.6 is 23.2 Å². The molecule has 0 saturated carbocycles. The Bertz CT molecular complexity index is 556. The molecule has 0 aliphatic heterocycles. The lowest BCUT2D eigenvalue weighted by Gasteiger charge is -2.06. The number of amides is 1. The summed E-state index contributed by atoms with van der Waals surface area (Å²) in [5.41, 5.74) is 1.56. The molecule has 0 unspecified atom stereocenters. The molecule has 0 saturated heterocycles. The lowest BCUT2D eigenvalue weighted by atomic mass is 10.1. The molecular formula is C13H12Cl2N2O2. The lowest BCUT2D eigenvalue weighted by Crippen LogP contribution is -2.27. The van der Waals surface area contributed by atoms with Gasteiger partial charge in [0.25, 0.3) is 0 Å². The first-order valence-electron chi connectivity index (χ1n) is 5.73. The minimum Gasteiger partial charge on any atom is -0.451 e. The van der Waals surface area contributed by atoms with Gasteiger partial charge in [0.05, 0.1) is 12.1 Å². The highest BCUT2D eigenvalue weighted by Crippen LogP contribution is 2.20. The van der Waals surface area contributed by atoms with Gasteiger partial charge in [0.2, 0.25) is 5.91 Å². The van der Waals surface area contributed by atoms with Gasteiger partial charge in [0.15, 0.2) is 6.39 Å². The number of oxazole rings is 1. The number of benzene rings is 1. The first kappa shape index (κ1) is 13.9. The molecule has 1 heterocycles. The van der Waals surface area contributed by atoms with Crippen molar-refractivity contribution in [2.24, 2.45) is 0 Å². The Kier molecular flexibility index (Phi) is 4.82. The number of hydrogen-bond acceptors (Lipinski definition) is 3. The summed E-state index contributed by atoms with van der Waals surface area (Å²) >= 11 is 11.9. The zero-order valence-corrected chi connectivity index (χ0v) is 11.5. The average molecular weight is 299 g/mol. The van der Waals surface area contributed by atoms with E-state index in [0.29, 0.717) is 28.7 Å². The molecule has 1 aromatic carbocycles. The summed E-state index contributed by atoms with van der Waals surface area (Å²) in [5.74, 6) is -0.0982. The SMILES string of the molecule is O=C(Cc1cocn1)NCCc1ccc(Cl)cc1Cl. The second-order valence-corrected chi connectivity index (χ2v) is 4.84. The summed E-state index contributed by atoms with van der Waals surface area (Å²) in [6.07, 6.45) is 3.62. The van der Waals surface area contributed by atoms with E-state index in [1.807, 2.05) is 6.07 Å². The summed E-state index contributed by atoms with van der Waals surface area (Å²) in [5, 5.41) is 4.01. The minimum absolute atomic E-state index is 0.0982. The fourth-order valence-corrected chi connectivity index (χ4v) is 2.12. The van der Waals surface area contributed by atoms with Crippen LogP contribution in [0.2, 0.25) is 10.0 Å². The zero-order valence-electron chi connectivity index (χ0n) is 10.0. The maximum Gasteiger partial charge on any atom is 0.226 e. The highest BCUT2D eigenvalue weighted by molar-refractivity contribution is 6.35. The van der Waals surface area contributed by atoms with Gasteiger partial charge >= 0.3 is 0 Å². The van der Waals surface area contributed by atoms with Crippen LogP contribution in [0, 0.1) is 0 Å². The molecule has 0 bridgehead atoms. The van der Waals surface area contributed by atoms with Gasteiger partial charge < -0.3 is 9.73 Å². The smallest absolute Gasteiger partial charge is 0.226 e. The van der Waals surface area contributed by atoms with Gasteiger partial charge in [-0.1, -0.05) is 29.3 Å². The van der Waals surface area contributed by atoms with Gasteiger partial charge in [-0.25, -0.2) is 4.98 Å². The van der Waals surface area contributed by atoms with Crippen LogP contribution in [0.4, 0.5) is 0 Å². The van der Waals surface area contributed by atoms with Crippen LogP contribution in [-0.2, 0) is 17.6 Å². The molecule has 0 radical (unpaired) electrons. The number of hydrogen-bond donors (Lipinski definition) is 1. The lowest BCUT2D eigenvalue weighted by molar-refractivity contribution is -0.120. The molecule has 0 atom stereocenters. The van der Waals surface area contributed by atoms with E-state index in [-0.39, 0.29) is 12.3 Å². The minimum atomic E-state index is -0.0982. The Morgan fingerprint density at radius 2 is 2.21 bits per heavy atom. The Morgan fingerprint density at radius 1 is 1.37 bits per heavy atom. The van der Waals surface area contributed by atoms with E-state index in [0.717, 1.165) is 5.56 Å². The van der Waals surface area contributed by atoms with Gasteiger partial charge in [-0.15, -0.1) is 0 Å². The van der Waals surface area contributed by atoms with Crippen LogP contribution in [0.3, 0.4) is 0 Å². The molecule has 19 heavy (non-hydrogen) atoms. The quantitative estimate of drug-likeness (QED) is 0.923. The van der Waals surface area contributed by atoms with Crippen LogP contribution in [0.25, 0.3) is 0 Å². The van der Waals surface area contributed by atoms with Crippen LogP contribution in [0.5, 0.6) is 0 Å². The van der Waals surface area contributed by atoms with E-state index in [4.69, 9.17) is 27.6 Å². The third-order valence-corrected chi connectivity index (χ3v) is 3.14. The normalized spacial score (nSPS) is 10.4. The molecule has 1 amide bonds. The number of aromatic nitrogens is 1. The van der Waals surface area contributed by atoms with Crippen LogP contribution < -0.4 is 5.32 Å². The molecular weight excluding hydrogens is 287 g/mol. The molecule has 0 spiro atoms. The van der Waals surface area contributed by atoms with Crippen molar-refractivity contribution >= 4 is 29.1 Å². The molecule has 0 aliphatic carbocycles. The van der Waals surface area contributed by atoms with Crippen molar-refractivity contribution in [1.29, 1.82) is 0 Å². The molecule has 2 aromatic rings. The number of rotatable bonds is 5. The Balaban J connectivity index is 1.78. The largest absolute Gasteiger partial charge is 0.451 e. The number of halogens is 2. The van der Waals surface area contributed by atoms with Crippen molar-refractivity contribution in [3.8, 4) is 0 Å². The maximum absolute atomic E-state index is 11.6. The van der Waals surface area contributed by atoms with Crippen molar-refractivity contribution in [2.45, 2.75) is 12.8 Å². The number of carbonyl (C=O) groups is 1. The fourth-order valence-electron chi connectivity index (χ4n) is 1.61. The third kappa shape index (κ3) is 4.26. The van der Waals surface area contributed by atoms with Crippen LogP contribution in [-0.4, -0.2) is 17.4 Å². The summed E-state index contributed by atoms with van der Waals surface area (Å²) in [6, 6.07) is 5.32. The van der Waals surface area contributed by atoms with Gasteiger partial charge in [-0.2, -0.15) is 0 Å². The maximum atomic E-state index is 11.6. The van der Waals surface area contributed by atoms with E-state index in [1.54, 1.807) is 12.1 Å². The number of nitrogens with zero attached hydrogens (tertiary/aromatic N) is 1. The van der Waals surface area contributed by atoms with Crippen molar-refractivity contribution in [2.75, 3.05) is 6.54 Å². The zero-order chi connectivity index (χ0) is 13.7. The topological polar surface area (TPSA) is 55.1 Å². The summed E-state index contributed by atoms with van der Waals surface area (Å²) in [6.45, 7) is 0.512. The molecule has 1 aromatic heterocycles. The molecule has 100 valence electrons. The summed E-state index contributed by atoms with van der Waals surface area (Å²) < 4.78 is 4.80. The van der Waals surface area contributed by atoms with Crippen LogP contribution in [0.15, 0.2) is 35.3 Å². The van der Waals surface area contributed by atoms with Crippen LogP contribution in [0.1, 0.15) is 11.3 Å². The van der Waals surface area contributed by atoms with E-state index >= 15 is 0 Å². The predicted octanol–water partition coefficient (Wildman–Crippen LogP) is 2.88.